The fourth-order valence-corrected chi connectivity index (χ4v) is 1.87. The molecule has 0 heterocycles. The van der Waals surface area contributed by atoms with Crippen molar-refractivity contribution in [2.75, 3.05) is 13.6 Å². The summed E-state index contributed by atoms with van der Waals surface area (Å²) in [6.45, 7) is 1.66. The van der Waals surface area contributed by atoms with Crippen LogP contribution >= 0.6 is 0 Å². The Kier molecular flexibility index (Phi) is 6.39. The Morgan fingerprint density at radius 2 is 1.86 bits per heavy atom. The minimum Gasteiger partial charge on any atom is -0.480 e. The second-order valence-electron chi connectivity index (χ2n) is 4.77. The number of amides is 2. The molecule has 0 fully saturated rings. The third-order valence-corrected chi connectivity index (χ3v) is 2.96. The lowest BCUT2D eigenvalue weighted by Gasteiger charge is -2.19. The van der Waals surface area contributed by atoms with Gasteiger partial charge < -0.3 is 15.3 Å². The van der Waals surface area contributed by atoms with Crippen LogP contribution in [0, 0.1) is 0 Å². The molecule has 6 nitrogen and oxygen atoms in total. The molecule has 6 heteroatoms. The molecule has 114 valence electrons. The van der Waals surface area contributed by atoms with Gasteiger partial charge in [0.1, 0.15) is 6.04 Å². The highest BCUT2D eigenvalue weighted by atomic mass is 16.4. The van der Waals surface area contributed by atoms with Crippen LogP contribution in [0.3, 0.4) is 0 Å². The SMILES string of the molecule is CCC[C@H](NC(=O)CN(C)C(=O)c1ccccc1)C(=O)O. The molecule has 0 saturated heterocycles. The molecule has 0 aromatic heterocycles. The van der Waals surface area contributed by atoms with Crippen molar-refractivity contribution in [1.82, 2.24) is 10.2 Å². The number of carbonyl (C=O) groups is 3. The number of nitrogens with zero attached hydrogens (tertiary/aromatic N) is 1. The second kappa shape index (κ2) is 8.04. The topological polar surface area (TPSA) is 86.7 Å². The minimum atomic E-state index is -1.07. The van der Waals surface area contributed by atoms with E-state index in [9.17, 15) is 14.4 Å². The number of carboxylic acids is 1. The molecule has 1 rings (SSSR count). The molecule has 1 atom stereocenters. The van der Waals surface area contributed by atoms with Crippen molar-refractivity contribution in [2.45, 2.75) is 25.8 Å². The van der Waals surface area contributed by atoms with Crippen LogP contribution in [0.1, 0.15) is 30.1 Å². The Morgan fingerprint density at radius 3 is 2.38 bits per heavy atom. The lowest BCUT2D eigenvalue weighted by Crippen LogP contribution is -2.45. The summed E-state index contributed by atoms with van der Waals surface area (Å²) in [5, 5.41) is 11.4. The van der Waals surface area contributed by atoms with Crippen molar-refractivity contribution in [3.63, 3.8) is 0 Å². The van der Waals surface area contributed by atoms with E-state index in [0.717, 1.165) is 0 Å². The summed E-state index contributed by atoms with van der Waals surface area (Å²) in [5.74, 6) is -1.84. The number of hydrogen-bond donors (Lipinski definition) is 2. The van der Waals surface area contributed by atoms with E-state index in [1.807, 2.05) is 6.92 Å². The van der Waals surface area contributed by atoms with Crippen LogP contribution in [0.4, 0.5) is 0 Å². The van der Waals surface area contributed by atoms with Crippen molar-refractivity contribution in [1.29, 1.82) is 0 Å². The van der Waals surface area contributed by atoms with Gasteiger partial charge in [-0.2, -0.15) is 0 Å². The second-order valence-corrected chi connectivity index (χ2v) is 4.77. The molecular weight excluding hydrogens is 272 g/mol. The van der Waals surface area contributed by atoms with Gasteiger partial charge in [0.25, 0.3) is 5.91 Å². The normalized spacial score (nSPS) is 11.5. The van der Waals surface area contributed by atoms with E-state index >= 15 is 0 Å². The summed E-state index contributed by atoms with van der Waals surface area (Å²) in [5.41, 5.74) is 0.483. The molecule has 0 unspecified atom stereocenters. The molecule has 2 N–H and O–H groups in total. The quantitative estimate of drug-likeness (QED) is 0.788. The highest BCUT2D eigenvalue weighted by Crippen LogP contribution is 2.03. The minimum absolute atomic E-state index is 0.179. The first-order valence-corrected chi connectivity index (χ1v) is 6.78. The monoisotopic (exact) mass is 292 g/mol. The number of rotatable bonds is 7. The van der Waals surface area contributed by atoms with E-state index in [1.54, 1.807) is 30.3 Å². The summed E-state index contributed by atoms with van der Waals surface area (Å²) in [4.78, 5) is 36.1. The first-order valence-electron chi connectivity index (χ1n) is 6.78. The van der Waals surface area contributed by atoms with Crippen LogP contribution in [0.2, 0.25) is 0 Å². The van der Waals surface area contributed by atoms with Crippen LogP contribution in [-0.4, -0.2) is 47.4 Å². The molecule has 1 aromatic rings. The summed E-state index contributed by atoms with van der Waals surface area (Å²) in [6, 6.07) is 7.68. The maximum atomic E-state index is 12.1. The average molecular weight is 292 g/mol. The molecule has 21 heavy (non-hydrogen) atoms. The Balaban J connectivity index is 2.57. The van der Waals surface area contributed by atoms with Crippen molar-refractivity contribution >= 4 is 17.8 Å². The summed E-state index contributed by atoms with van der Waals surface area (Å²) in [7, 11) is 1.50. The van der Waals surface area contributed by atoms with Gasteiger partial charge in [-0.15, -0.1) is 0 Å². The Morgan fingerprint density at radius 1 is 1.24 bits per heavy atom. The van der Waals surface area contributed by atoms with Gasteiger partial charge in [0.2, 0.25) is 5.91 Å². The van der Waals surface area contributed by atoms with Crippen LogP contribution in [-0.2, 0) is 9.59 Å². The van der Waals surface area contributed by atoms with E-state index in [-0.39, 0.29) is 12.5 Å². The van der Waals surface area contributed by atoms with Gasteiger partial charge >= 0.3 is 5.97 Å². The van der Waals surface area contributed by atoms with E-state index in [0.29, 0.717) is 18.4 Å². The van der Waals surface area contributed by atoms with Gasteiger partial charge in [0, 0.05) is 12.6 Å². The van der Waals surface area contributed by atoms with Gasteiger partial charge in [0.05, 0.1) is 6.54 Å². The standard InChI is InChI=1S/C15H20N2O4/c1-3-7-12(15(20)21)16-13(18)10-17(2)14(19)11-8-5-4-6-9-11/h4-6,8-9,12H,3,7,10H2,1-2H3,(H,16,18)(H,20,21)/t12-/m0/s1. The molecule has 0 spiro atoms. The van der Waals surface area contributed by atoms with Crippen molar-refractivity contribution < 1.29 is 19.5 Å². The Labute approximate surface area is 123 Å². The molecule has 0 aliphatic rings. The molecule has 2 amide bonds. The summed E-state index contributed by atoms with van der Waals surface area (Å²) >= 11 is 0. The van der Waals surface area contributed by atoms with Gasteiger partial charge in [-0.3, -0.25) is 9.59 Å². The zero-order chi connectivity index (χ0) is 15.8. The van der Waals surface area contributed by atoms with Crippen LogP contribution in [0.15, 0.2) is 30.3 Å². The van der Waals surface area contributed by atoms with Crippen molar-refractivity contribution in [2.24, 2.45) is 0 Å². The van der Waals surface area contributed by atoms with E-state index in [2.05, 4.69) is 5.32 Å². The van der Waals surface area contributed by atoms with E-state index < -0.39 is 17.9 Å². The number of nitrogens with one attached hydrogen (secondary N) is 1. The van der Waals surface area contributed by atoms with Crippen LogP contribution in [0.25, 0.3) is 0 Å². The fraction of sp³-hybridized carbons (Fsp3) is 0.400. The average Bonchev–Trinajstić information content (AvgIpc) is 2.46. The van der Waals surface area contributed by atoms with Crippen molar-refractivity contribution in [3.05, 3.63) is 35.9 Å². The highest BCUT2D eigenvalue weighted by molar-refractivity contribution is 5.96. The first-order chi connectivity index (χ1) is 9.95. The molecule has 1 aromatic carbocycles. The highest BCUT2D eigenvalue weighted by Gasteiger charge is 2.21. The lowest BCUT2D eigenvalue weighted by atomic mass is 10.1. The predicted molar refractivity (Wildman–Crippen MR) is 77.9 cm³/mol. The third kappa shape index (κ3) is 5.25. The molecule has 0 saturated carbocycles. The Hall–Kier alpha value is -2.37. The number of hydrogen-bond acceptors (Lipinski definition) is 3. The molecule has 0 bridgehead atoms. The lowest BCUT2D eigenvalue weighted by molar-refractivity contribution is -0.142. The Bertz CT molecular complexity index is 502. The number of carboxylic acid groups (broad SMARTS) is 1. The smallest absolute Gasteiger partial charge is 0.326 e. The fourth-order valence-electron chi connectivity index (χ4n) is 1.87. The third-order valence-electron chi connectivity index (χ3n) is 2.96. The van der Waals surface area contributed by atoms with Gasteiger partial charge in [-0.1, -0.05) is 31.5 Å². The number of aliphatic carboxylic acids is 1. The predicted octanol–water partition coefficient (Wildman–Crippen LogP) is 1.13. The van der Waals surface area contributed by atoms with Crippen LogP contribution in [0.5, 0.6) is 0 Å². The number of carbonyl (C=O) groups excluding carboxylic acids is 2. The molecular formula is C15H20N2O4. The zero-order valence-electron chi connectivity index (χ0n) is 12.2. The molecule has 0 aliphatic heterocycles. The van der Waals surface area contributed by atoms with Gasteiger partial charge in [-0.25, -0.2) is 4.79 Å². The first kappa shape index (κ1) is 16.7. The van der Waals surface area contributed by atoms with Crippen LogP contribution < -0.4 is 5.32 Å². The molecule has 0 aliphatic carbocycles. The summed E-state index contributed by atoms with van der Waals surface area (Å²) in [6.07, 6.45) is 1.01. The maximum absolute atomic E-state index is 12.1. The maximum Gasteiger partial charge on any atom is 0.326 e. The summed E-state index contributed by atoms with van der Waals surface area (Å²) < 4.78 is 0. The zero-order valence-corrected chi connectivity index (χ0v) is 12.2. The van der Waals surface area contributed by atoms with E-state index in [4.69, 9.17) is 5.11 Å². The molecule has 0 radical (unpaired) electrons. The number of benzene rings is 1. The largest absolute Gasteiger partial charge is 0.480 e. The van der Waals surface area contributed by atoms with Gasteiger partial charge in [-0.05, 0) is 18.6 Å². The van der Waals surface area contributed by atoms with Crippen molar-refractivity contribution in [3.8, 4) is 0 Å². The number of likely N-dealkylation sites (N-methyl/N-ethyl adjacent to an activating group) is 1. The van der Waals surface area contributed by atoms with E-state index in [1.165, 1.54) is 11.9 Å². The van der Waals surface area contributed by atoms with Gasteiger partial charge in [0.15, 0.2) is 0 Å².